The van der Waals surface area contributed by atoms with Crippen LogP contribution < -0.4 is 5.32 Å². The zero-order valence-electron chi connectivity index (χ0n) is 10.7. The van der Waals surface area contributed by atoms with Crippen LogP contribution in [0.1, 0.15) is 20.8 Å². The van der Waals surface area contributed by atoms with Crippen molar-refractivity contribution in [2.24, 2.45) is 0 Å². The number of hydrogen-bond acceptors (Lipinski definition) is 5. The smallest absolute Gasteiger partial charge is 0.358 e. The van der Waals surface area contributed by atoms with E-state index in [4.69, 9.17) is 5.11 Å². The van der Waals surface area contributed by atoms with E-state index in [1.807, 2.05) is 0 Å². The molecule has 21 heavy (non-hydrogen) atoms. The third-order valence-corrected chi connectivity index (χ3v) is 3.08. The predicted octanol–water partition coefficient (Wildman–Crippen LogP) is 0.874. The molecule has 9 heteroatoms. The molecule has 0 saturated heterocycles. The van der Waals surface area contributed by atoms with Crippen LogP contribution in [-0.2, 0) is 6.54 Å². The Labute approximate surface area is 127 Å². The van der Waals surface area contributed by atoms with E-state index in [1.54, 1.807) is 6.07 Å². The van der Waals surface area contributed by atoms with E-state index in [0.29, 0.717) is 4.47 Å². The Balaban J connectivity index is 1.90. The number of amides is 1. The number of carbonyl (C=O) groups excluding carboxylic acids is 1. The highest BCUT2D eigenvalue weighted by atomic mass is 79.9. The number of carboxylic acid groups (broad SMARTS) is 1. The molecule has 1 heterocycles. The molecule has 0 atom stereocenters. The lowest BCUT2D eigenvalue weighted by molar-refractivity contribution is 0.0690. The van der Waals surface area contributed by atoms with Crippen molar-refractivity contribution in [3.8, 4) is 5.75 Å². The van der Waals surface area contributed by atoms with Gasteiger partial charge in [0, 0.05) is 11.0 Å². The fourth-order valence-corrected chi connectivity index (χ4v) is 1.93. The summed E-state index contributed by atoms with van der Waals surface area (Å²) >= 11 is 3.18. The second kappa shape index (κ2) is 6.35. The number of nitrogens with one attached hydrogen (secondary N) is 1. The van der Waals surface area contributed by atoms with Crippen molar-refractivity contribution in [1.82, 2.24) is 20.3 Å². The minimum Gasteiger partial charge on any atom is -0.507 e. The second-order valence-electron chi connectivity index (χ2n) is 4.09. The number of nitrogens with zero attached hydrogens (tertiary/aromatic N) is 3. The van der Waals surface area contributed by atoms with Crippen LogP contribution in [0.3, 0.4) is 0 Å². The lowest BCUT2D eigenvalue weighted by Crippen LogP contribution is -2.27. The number of halogens is 1. The number of aromatic nitrogens is 3. The molecular formula is C12H11BrN4O4. The van der Waals surface area contributed by atoms with Gasteiger partial charge in [-0.3, -0.25) is 4.79 Å². The van der Waals surface area contributed by atoms with Gasteiger partial charge in [0.2, 0.25) is 0 Å². The number of carboxylic acids is 1. The summed E-state index contributed by atoms with van der Waals surface area (Å²) in [5.74, 6) is -1.72. The monoisotopic (exact) mass is 354 g/mol. The largest absolute Gasteiger partial charge is 0.507 e. The first-order chi connectivity index (χ1) is 9.97. The van der Waals surface area contributed by atoms with Gasteiger partial charge in [-0.1, -0.05) is 21.1 Å². The minimum absolute atomic E-state index is 0.129. The third kappa shape index (κ3) is 3.78. The first-order valence-electron chi connectivity index (χ1n) is 5.87. The number of phenols is 1. The normalized spacial score (nSPS) is 10.3. The summed E-state index contributed by atoms with van der Waals surface area (Å²) in [6.45, 7) is 0.486. The van der Waals surface area contributed by atoms with Crippen molar-refractivity contribution in [3.63, 3.8) is 0 Å². The molecule has 1 amide bonds. The van der Waals surface area contributed by atoms with Crippen LogP contribution in [-0.4, -0.2) is 43.6 Å². The second-order valence-corrected chi connectivity index (χ2v) is 5.01. The molecule has 0 unspecified atom stereocenters. The van der Waals surface area contributed by atoms with E-state index in [0.717, 1.165) is 0 Å². The number of hydrogen-bond donors (Lipinski definition) is 3. The molecular weight excluding hydrogens is 344 g/mol. The van der Waals surface area contributed by atoms with Gasteiger partial charge in [0.25, 0.3) is 5.91 Å². The van der Waals surface area contributed by atoms with E-state index in [2.05, 4.69) is 31.6 Å². The standard InChI is InChI=1S/C12H11BrN4O4/c13-7-1-2-8(10(18)5-7)11(19)14-3-4-17-6-9(12(20)21)15-16-17/h1-2,5-6,18H,3-4H2,(H,14,19)(H,20,21). The molecule has 0 bridgehead atoms. The van der Waals surface area contributed by atoms with Gasteiger partial charge in [-0.2, -0.15) is 0 Å². The Hall–Kier alpha value is -2.42. The molecule has 1 aromatic heterocycles. The average molecular weight is 355 g/mol. The Morgan fingerprint density at radius 3 is 2.76 bits per heavy atom. The van der Waals surface area contributed by atoms with Crippen LogP contribution in [0.15, 0.2) is 28.9 Å². The van der Waals surface area contributed by atoms with Gasteiger partial charge < -0.3 is 15.5 Å². The van der Waals surface area contributed by atoms with Crippen LogP contribution >= 0.6 is 15.9 Å². The van der Waals surface area contributed by atoms with Gasteiger partial charge >= 0.3 is 5.97 Å². The molecule has 0 spiro atoms. The van der Waals surface area contributed by atoms with Crippen molar-refractivity contribution < 1.29 is 19.8 Å². The Morgan fingerprint density at radius 1 is 1.38 bits per heavy atom. The SMILES string of the molecule is O=C(O)c1cn(CCNC(=O)c2ccc(Br)cc2O)nn1. The molecule has 0 fully saturated rings. The topological polar surface area (TPSA) is 117 Å². The predicted molar refractivity (Wildman–Crippen MR) is 75.1 cm³/mol. The lowest BCUT2D eigenvalue weighted by Gasteiger charge is -2.07. The molecule has 0 aliphatic carbocycles. The van der Waals surface area contributed by atoms with Crippen molar-refractivity contribution in [3.05, 3.63) is 40.1 Å². The number of aromatic carboxylic acids is 1. The van der Waals surface area contributed by atoms with Gasteiger partial charge in [-0.15, -0.1) is 5.10 Å². The number of rotatable bonds is 5. The zero-order chi connectivity index (χ0) is 15.4. The van der Waals surface area contributed by atoms with E-state index in [9.17, 15) is 14.7 Å². The summed E-state index contributed by atoms with van der Waals surface area (Å²) in [4.78, 5) is 22.5. The van der Waals surface area contributed by atoms with Gasteiger partial charge in [-0.25, -0.2) is 9.48 Å². The zero-order valence-corrected chi connectivity index (χ0v) is 12.2. The van der Waals surface area contributed by atoms with Crippen LogP contribution in [0.2, 0.25) is 0 Å². The summed E-state index contributed by atoms with van der Waals surface area (Å²) in [7, 11) is 0. The highest BCUT2D eigenvalue weighted by Gasteiger charge is 2.11. The molecule has 0 saturated carbocycles. The molecule has 0 aliphatic heterocycles. The summed E-state index contributed by atoms with van der Waals surface area (Å²) in [5, 5.41) is 28.0. The molecule has 110 valence electrons. The molecule has 2 aromatic rings. The highest BCUT2D eigenvalue weighted by molar-refractivity contribution is 9.10. The molecule has 3 N–H and O–H groups in total. The fourth-order valence-electron chi connectivity index (χ4n) is 1.58. The van der Waals surface area contributed by atoms with E-state index in [-0.39, 0.29) is 30.1 Å². The quantitative estimate of drug-likeness (QED) is 0.733. The molecule has 2 rings (SSSR count). The molecule has 0 aliphatic rings. The first kappa shape index (κ1) is 15.0. The number of benzene rings is 1. The van der Waals surface area contributed by atoms with Gasteiger partial charge in [0.15, 0.2) is 5.69 Å². The van der Waals surface area contributed by atoms with E-state index < -0.39 is 11.9 Å². The van der Waals surface area contributed by atoms with E-state index >= 15 is 0 Å². The summed E-state index contributed by atoms with van der Waals surface area (Å²) in [6.07, 6.45) is 1.27. The molecule has 8 nitrogen and oxygen atoms in total. The van der Waals surface area contributed by atoms with Gasteiger partial charge in [0.05, 0.1) is 18.3 Å². The Bertz CT molecular complexity index is 686. The number of carbonyl (C=O) groups is 2. The highest BCUT2D eigenvalue weighted by Crippen LogP contribution is 2.21. The maximum atomic E-state index is 11.9. The van der Waals surface area contributed by atoms with Crippen LogP contribution in [0.25, 0.3) is 0 Å². The van der Waals surface area contributed by atoms with E-state index in [1.165, 1.54) is 23.0 Å². The van der Waals surface area contributed by atoms with Crippen molar-refractivity contribution in [2.75, 3.05) is 6.54 Å². The third-order valence-electron chi connectivity index (χ3n) is 2.59. The number of phenolic OH excluding ortho intramolecular Hbond substituents is 1. The van der Waals surface area contributed by atoms with Gasteiger partial charge in [-0.05, 0) is 18.2 Å². The number of aromatic hydroxyl groups is 1. The van der Waals surface area contributed by atoms with Crippen LogP contribution in [0, 0.1) is 0 Å². The summed E-state index contributed by atoms with van der Waals surface area (Å²) in [5.41, 5.74) is -0.00473. The van der Waals surface area contributed by atoms with Crippen LogP contribution in [0.4, 0.5) is 0 Å². The van der Waals surface area contributed by atoms with Crippen molar-refractivity contribution in [1.29, 1.82) is 0 Å². The van der Waals surface area contributed by atoms with Crippen molar-refractivity contribution >= 4 is 27.8 Å². The van der Waals surface area contributed by atoms with Crippen LogP contribution in [0.5, 0.6) is 5.75 Å². The average Bonchev–Trinajstić information content (AvgIpc) is 2.87. The van der Waals surface area contributed by atoms with Crippen molar-refractivity contribution in [2.45, 2.75) is 6.54 Å². The maximum absolute atomic E-state index is 11.9. The minimum atomic E-state index is -1.16. The first-order valence-corrected chi connectivity index (χ1v) is 6.67. The summed E-state index contributed by atoms with van der Waals surface area (Å²) in [6, 6.07) is 4.56. The Kier molecular flexibility index (Phi) is 4.53. The Morgan fingerprint density at radius 2 is 2.14 bits per heavy atom. The summed E-state index contributed by atoms with van der Waals surface area (Å²) < 4.78 is 1.98. The van der Waals surface area contributed by atoms with Gasteiger partial charge in [0.1, 0.15) is 5.75 Å². The maximum Gasteiger partial charge on any atom is 0.358 e. The fraction of sp³-hybridized carbons (Fsp3) is 0.167. The lowest BCUT2D eigenvalue weighted by atomic mass is 10.2. The molecule has 0 radical (unpaired) electrons. The molecule has 1 aromatic carbocycles.